The lowest BCUT2D eigenvalue weighted by Crippen LogP contribution is -2.32. The molecule has 2 aromatic carbocycles. The van der Waals surface area contributed by atoms with E-state index in [-0.39, 0.29) is 5.82 Å². The fraction of sp³-hybridized carbons (Fsp3) is 0.0455. The summed E-state index contributed by atoms with van der Waals surface area (Å²) in [5, 5.41) is 4.27. The Bertz CT molecular complexity index is 1380. The Morgan fingerprint density at radius 2 is 1.87 bits per heavy atom. The molecule has 0 aliphatic heterocycles. The van der Waals surface area contributed by atoms with Crippen LogP contribution in [-0.4, -0.2) is 15.1 Å². The number of nitrogens with one attached hydrogen (secondary N) is 1. The highest BCUT2D eigenvalue weighted by atomic mass is 35.5. The van der Waals surface area contributed by atoms with Gasteiger partial charge in [0, 0.05) is 22.7 Å². The molecular weight excluding hydrogens is 410 g/mol. The lowest BCUT2D eigenvalue weighted by atomic mass is 10.1. The SMILES string of the molecule is Fc1cc(Cl)ccc1-c1cc(C[n+]2ccc3nc(-c4ccccc4F)[nH]c3c2)on1. The van der Waals surface area contributed by atoms with Gasteiger partial charge in [-0.05, 0) is 30.3 Å². The molecule has 0 bridgehead atoms. The Balaban J connectivity index is 1.42. The average molecular weight is 424 g/mol. The Kier molecular flexibility index (Phi) is 4.52. The summed E-state index contributed by atoms with van der Waals surface area (Å²) in [6, 6.07) is 14.4. The minimum Gasteiger partial charge on any atom is -0.354 e. The highest BCUT2D eigenvalue weighted by molar-refractivity contribution is 6.30. The Morgan fingerprint density at radius 1 is 1.00 bits per heavy atom. The highest BCUT2D eigenvalue weighted by Crippen LogP contribution is 2.25. The molecule has 3 aromatic heterocycles. The van der Waals surface area contributed by atoms with Crippen molar-refractivity contribution < 1.29 is 17.9 Å². The molecule has 0 aliphatic carbocycles. The number of halogens is 3. The van der Waals surface area contributed by atoms with Gasteiger partial charge in [0.15, 0.2) is 12.4 Å². The number of imidazole rings is 1. The molecule has 3 heterocycles. The van der Waals surface area contributed by atoms with Crippen LogP contribution in [0.2, 0.25) is 5.02 Å². The van der Waals surface area contributed by atoms with Gasteiger partial charge >= 0.3 is 0 Å². The van der Waals surface area contributed by atoms with E-state index in [0.29, 0.717) is 45.5 Å². The van der Waals surface area contributed by atoms with Gasteiger partial charge in [-0.3, -0.25) is 0 Å². The monoisotopic (exact) mass is 423 g/mol. The Hall–Kier alpha value is -3.58. The number of nitrogens with zero attached hydrogens (tertiary/aromatic N) is 3. The summed E-state index contributed by atoms with van der Waals surface area (Å²) in [6.07, 6.45) is 3.68. The molecule has 148 valence electrons. The molecule has 30 heavy (non-hydrogen) atoms. The normalized spacial score (nSPS) is 11.3. The van der Waals surface area contributed by atoms with Gasteiger partial charge < -0.3 is 9.51 Å². The van der Waals surface area contributed by atoms with Crippen LogP contribution < -0.4 is 4.57 Å². The predicted octanol–water partition coefficient (Wildman–Crippen LogP) is 5.15. The fourth-order valence-corrected chi connectivity index (χ4v) is 3.43. The summed E-state index contributed by atoms with van der Waals surface area (Å²) >= 11 is 5.80. The second-order valence-electron chi connectivity index (χ2n) is 6.78. The van der Waals surface area contributed by atoms with Crippen LogP contribution in [0.15, 0.2) is 71.5 Å². The van der Waals surface area contributed by atoms with E-state index in [1.54, 1.807) is 36.4 Å². The van der Waals surface area contributed by atoms with E-state index in [1.165, 1.54) is 12.1 Å². The molecule has 0 unspecified atom stereocenters. The van der Waals surface area contributed by atoms with Crippen LogP contribution in [0, 0.1) is 11.6 Å². The number of pyridine rings is 1. The first-order valence-corrected chi connectivity index (χ1v) is 9.49. The lowest BCUT2D eigenvalue weighted by molar-refractivity contribution is -0.688. The van der Waals surface area contributed by atoms with Crippen molar-refractivity contribution in [2.24, 2.45) is 0 Å². The van der Waals surface area contributed by atoms with Crippen LogP contribution >= 0.6 is 11.6 Å². The summed E-state index contributed by atoms with van der Waals surface area (Å²) in [5.74, 6) is 0.209. The molecular formula is C22H14ClF2N4O+. The Morgan fingerprint density at radius 3 is 2.70 bits per heavy atom. The van der Waals surface area contributed by atoms with E-state index in [9.17, 15) is 8.78 Å². The zero-order valence-electron chi connectivity index (χ0n) is 15.4. The molecule has 5 rings (SSSR count). The van der Waals surface area contributed by atoms with Crippen LogP contribution in [-0.2, 0) is 6.54 Å². The predicted molar refractivity (Wildman–Crippen MR) is 108 cm³/mol. The third kappa shape index (κ3) is 3.44. The van der Waals surface area contributed by atoms with Gasteiger partial charge in [-0.2, -0.15) is 4.57 Å². The summed E-state index contributed by atoms with van der Waals surface area (Å²) in [5.41, 5.74) is 2.58. The lowest BCUT2D eigenvalue weighted by Gasteiger charge is -1.97. The number of benzene rings is 2. The van der Waals surface area contributed by atoms with E-state index < -0.39 is 5.82 Å². The van der Waals surface area contributed by atoms with Crippen molar-refractivity contribution in [3.8, 4) is 22.6 Å². The van der Waals surface area contributed by atoms with Crippen molar-refractivity contribution in [3.05, 3.63) is 89.4 Å². The molecule has 0 spiro atoms. The smallest absolute Gasteiger partial charge is 0.208 e. The van der Waals surface area contributed by atoms with Gasteiger partial charge in [-0.25, -0.2) is 13.8 Å². The molecule has 1 N–H and O–H groups in total. The van der Waals surface area contributed by atoms with Crippen LogP contribution in [0.4, 0.5) is 8.78 Å². The second kappa shape index (κ2) is 7.35. The molecule has 5 aromatic rings. The number of hydrogen-bond donors (Lipinski definition) is 1. The van der Waals surface area contributed by atoms with Gasteiger partial charge in [0.05, 0.1) is 5.56 Å². The molecule has 0 fully saturated rings. The van der Waals surface area contributed by atoms with Gasteiger partial charge in [0.2, 0.25) is 12.3 Å². The van der Waals surface area contributed by atoms with Gasteiger partial charge in [0.25, 0.3) is 0 Å². The van der Waals surface area contributed by atoms with Crippen molar-refractivity contribution in [1.82, 2.24) is 15.1 Å². The quantitative estimate of drug-likeness (QED) is 0.406. The first-order valence-electron chi connectivity index (χ1n) is 9.11. The van der Waals surface area contributed by atoms with Gasteiger partial charge in [-0.1, -0.05) is 28.9 Å². The number of fused-ring (bicyclic) bond motifs is 1. The van der Waals surface area contributed by atoms with Crippen LogP contribution in [0.1, 0.15) is 5.76 Å². The van der Waals surface area contributed by atoms with Crippen LogP contribution in [0.3, 0.4) is 0 Å². The third-order valence-electron chi connectivity index (χ3n) is 4.71. The maximum absolute atomic E-state index is 14.1. The summed E-state index contributed by atoms with van der Waals surface area (Å²) in [7, 11) is 0. The van der Waals surface area contributed by atoms with E-state index in [4.69, 9.17) is 16.1 Å². The molecule has 0 aliphatic rings. The topological polar surface area (TPSA) is 58.6 Å². The third-order valence-corrected chi connectivity index (χ3v) is 4.95. The zero-order valence-corrected chi connectivity index (χ0v) is 16.2. The number of aromatic nitrogens is 4. The van der Waals surface area contributed by atoms with E-state index >= 15 is 0 Å². The summed E-state index contributed by atoms with van der Waals surface area (Å²) in [6.45, 7) is 0.381. The molecule has 0 atom stereocenters. The number of rotatable bonds is 4. The minimum atomic E-state index is -0.463. The molecule has 0 saturated carbocycles. The maximum Gasteiger partial charge on any atom is 0.208 e. The van der Waals surface area contributed by atoms with Gasteiger partial charge in [-0.15, -0.1) is 0 Å². The van der Waals surface area contributed by atoms with Crippen molar-refractivity contribution >= 4 is 22.6 Å². The van der Waals surface area contributed by atoms with E-state index in [1.807, 2.05) is 23.0 Å². The molecule has 8 heteroatoms. The van der Waals surface area contributed by atoms with Crippen LogP contribution in [0.25, 0.3) is 33.7 Å². The van der Waals surface area contributed by atoms with Crippen molar-refractivity contribution in [3.63, 3.8) is 0 Å². The molecule has 5 nitrogen and oxygen atoms in total. The first kappa shape index (κ1) is 18.4. The number of H-pyrrole nitrogens is 1. The second-order valence-corrected chi connectivity index (χ2v) is 7.22. The largest absolute Gasteiger partial charge is 0.354 e. The molecule has 0 radical (unpaired) electrons. The standard InChI is InChI=1S/C22H13ClF2N4O/c23-13-5-6-15(18(25)9-13)20-10-14(30-28-20)11-29-8-7-19-21(12-29)27-22(26-19)16-3-1-2-4-17(16)24/h1-10,12H,11H2/p+1. The zero-order chi connectivity index (χ0) is 20.7. The van der Waals surface area contributed by atoms with E-state index in [0.717, 1.165) is 5.52 Å². The van der Waals surface area contributed by atoms with Crippen molar-refractivity contribution in [2.75, 3.05) is 0 Å². The highest BCUT2D eigenvalue weighted by Gasteiger charge is 2.16. The van der Waals surface area contributed by atoms with E-state index in [2.05, 4.69) is 15.1 Å². The fourth-order valence-electron chi connectivity index (χ4n) is 3.27. The minimum absolute atomic E-state index is 0.318. The summed E-state index contributed by atoms with van der Waals surface area (Å²) < 4.78 is 35.4. The van der Waals surface area contributed by atoms with Crippen molar-refractivity contribution in [2.45, 2.75) is 6.54 Å². The van der Waals surface area contributed by atoms with Crippen molar-refractivity contribution in [1.29, 1.82) is 0 Å². The van der Waals surface area contributed by atoms with Gasteiger partial charge in [0.1, 0.15) is 34.2 Å². The first-order chi connectivity index (χ1) is 14.6. The number of hydrogen-bond acceptors (Lipinski definition) is 3. The molecule has 0 amide bonds. The summed E-state index contributed by atoms with van der Waals surface area (Å²) in [4.78, 5) is 7.60. The maximum atomic E-state index is 14.1. The Labute approximate surface area is 174 Å². The average Bonchev–Trinajstić information content (AvgIpc) is 3.35. The molecule has 0 saturated heterocycles. The number of aromatic amines is 1. The van der Waals surface area contributed by atoms with Crippen LogP contribution in [0.5, 0.6) is 0 Å².